The average molecular weight is 299 g/mol. The number of hydrogen-bond acceptors (Lipinski definition) is 1. The second-order valence-corrected chi connectivity index (χ2v) is 6.83. The van der Waals surface area contributed by atoms with Crippen molar-refractivity contribution in [2.75, 3.05) is 0 Å². The summed E-state index contributed by atoms with van der Waals surface area (Å²) < 4.78 is 0. The third kappa shape index (κ3) is 2.12. The zero-order valence-electron chi connectivity index (χ0n) is 13.6. The molecule has 3 aromatic rings. The Bertz CT molecular complexity index is 873. The molecule has 0 aromatic heterocycles. The summed E-state index contributed by atoms with van der Waals surface area (Å²) in [5.41, 5.74) is 15.0. The van der Waals surface area contributed by atoms with E-state index in [1.165, 1.54) is 38.9 Å². The fraction of sp³-hybridized carbons (Fsp3) is 0.182. The van der Waals surface area contributed by atoms with Gasteiger partial charge in [0.25, 0.3) is 0 Å². The first-order chi connectivity index (χ1) is 11.1. The molecule has 2 N–H and O–H groups in total. The maximum Gasteiger partial charge on any atom is 0.0178 e. The fourth-order valence-electron chi connectivity index (χ4n) is 3.72. The number of fused-ring (bicyclic) bond motifs is 3. The van der Waals surface area contributed by atoms with Gasteiger partial charge in [0.1, 0.15) is 0 Å². The van der Waals surface area contributed by atoms with E-state index in [2.05, 4.69) is 80.6 Å². The SMILES string of the molecule is CC1(C)c2ccccc2-c2ccc(-c3ccc(CN)cc3)cc21. The summed E-state index contributed by atoms with van der Waals surface area (Å²) in [5, 5.41) is 0. The summed E-state index contributed by atoms with van der Waals surface area (Å²) in [6, 6.07) is 24.2. The molecule has 114 valence electrons. The van der Waals surface area contributed by atoms with Crippen LogP contribution in [-0.2, 0) is 12.0 Å². The molecular weight excluding hydrogens is 278 g/mol. The van der Waals surface area contributed by atoms with Crippen LogP contribution in [0.25, 0.3) is 22.3 Å². The molecule has 23 heavy (non-hydrogen) atoms. The lowest BCUT2D eigenvalue weighted by atomic mass is 9.81. The summed E-state index contributed by atoms with van der Waals surface area (Å²) in [6.45, 7) is 5.23. The number of hydrogen-bond donors (Lipinski definition) is 1. The van der Waals surface area contributed by atoms with Crippen LogP contribution in [0.15, 0.2) is 66.7 Å². The number of nitrogens with two attached hydrogens (primary N) is 1. The first-order valence-electron chi connectivity index (χ1n) is 8.15. The normalized spacial score (nSPS) is 14.4. The minimum absolute atomic E-state index is 0.0547. The molecule has 0 bridgehead atoms. The molecule has 0 aliphatic heterocycles. The first-order valence-corrected chi connectivity index (χ1v) is 8.15. The molecule has 0 heterocycles. The van der Waals surface area contributed by atoms with Crippen LogP contribution in [0.5, 0.6) is 0 Å². The van der Waals surface area contributed by atoms with Crippen LogP contribution < -0.4 is 5.73 Å². The van der Waals surface area contributed by atoms with Crippen LogP contribution >= 0.6 is 0 Å². The largest absolute Gasteiger partial charge is 0.326 e. The van der Waals surface area contributed by atoms with Gasteiger partial charge >= 0.3 is 0 Å². The fourth-order valence-corrected chi connectivity index (χ4v) is 3.72. The van der Waals surface area contributed by atoms with Gasteiger partial charge in [0.15, 0.2) is 0 Å². The molecule has 1 aliphatic carbocycles. The molecule has 0 amide bonds. The van der Waals surface area contributed by atoms with Crippen molar-refractivity contribution in [2.45, 2.75) is 25.8 Å². The average Bonchev–Trinajstić information content (AvgIpc) is 2.83. The van der Waals surface area contributed by atoms with Crippen molar-refractivity contribution >= 4 is 0 Å². The predicted molar refractivity (Wildman–Crippen MR) is 97.3 cm³/mol. The standard InChI is InChI=1S/C22H21N/c1-22(2)20-6-4-3-5-18(20)19-12-11-17(13-21(19)22)16-9-7-15(14-23)8-10-16/h3-13H,14,23H2,1-2H3. The van der Waals surface area contributed by atoms with Gasteiger partial charge in [-0.05, 0) is 45.0 Å². The van der Waals surface area contributed by atoms with Gasteiger partial charge in [0, 0.05) is 12.0 Å². The third-order valence-electron chi connectivity index (χ3n) is 5.11. The topological polar surface area (TPSA) is 26.0 Å². The molecule has 0 fully saturated rings. The third-order valence-corrected chi connectivity index (χ3v) is 5.11. The van der Waals surface area contributed by atoms with Gasteiger partial charge < -0.3 is 5.73 Å². The van der Waals surface area contributed by atoms with Crippen LogP contribution in [0.2, 0.25) is 0 Å². The van der Waals surface area contributed by atoms with E-state index < -0.39 is 0 Å². The second-order valence-electron chi connectivity index (χ2n) is 6.83. The molecule has 3 aromatic carbocycles. The Balaban J connectivity index is 1.85. The van der Waals surface area contributed by atoms with Crippen LogP contribution in [0.4, 0.5) is 0 Å². The molecule has 0 unspecified atom stereocenters. The summed E-state index contributed by atoms with van der Waals surface area (Å²) in [4.78, 5) is 0. The van der Waals surface area contributed by atoms with Crippen LogP contribution in [0, 0.1) is 0 Å². The Morgan fingerprint density at radius 1 is 0.739 bits per heavy atom. The van der Waals surface area contributed by atoms with Crippen molar-refractivity contribution in [1.82, 2.24) is 0 Å². The van der Waals surface area contributed by atoms with E-state index in [9.17, 15) is 0 Å². The van der Waals surface area contributed by atoms with E-state index in [-0.39, 0.29) is 5.41 Å². The highest BCUT2D eigenvalue weighted by molar-refractivity contribution is 5.83. The lowest BCUT2D eigenvalue weighted by molar-refractivity contribution is 0.660. The zero-order chi connectivity index (χ0) is 16.0. The minimum Gasteiger partial charge on any atom is -0.326 e. The van der Waals surface area contributed by atoms with Gasteiger partial charge in [-0.15, -0.1) is 0 Å². The Hall–Kier alpha value is -2.38. The molecule has 0 atom stereocenters. The molecule has 0 saturated heterocycles. The molecule has 0 saturated carbocycles. The highest BCUT2D eigenvalue weighted by Gasteiger charge is 2.35. The van der Waals surface area contributed by atoms with Crippen LogP contribution in [0.3, 0.4) is 0 Å². The molecule has 1 heteroatoms. The number of rotatable bonds is 2. The highest BCUT2D eigenvalue weighted by atomic mass is 14.5. The molecular formula is C22H21N. The monoisotopic (exact) mass is 299 g/mol. The zero-order valence-corrected chi connectivity index (χ0v) is 13.6. The van der Waals surface area contributed by atoms with Crippen LogP contribution in [0.1, 0.15) is 30.5 Å². The second kappa shape index (κ2) is 5.07. The Morgan fingerprint density at radius 3 is 2.13 bits per heavy atom. The van der Waals surface area contributed by atoms with E-state index in [4.69, 9.17) is 5.73 Å². The van der Waals surface area contributed by atoms with Crippen LogP contribution in [-0.4, -0.2) is 0 Å². The van der Waals surface area contributed by atoms with Crippen molar-refractivity contribution in [2.24, 2.45) is 5.73 Å². The Labute approximate surface area is 137 Å². The van der Waals surface area contributed by atoms with Crippen molar-refractivity contribution < 1.29 is 0 Å². The highest BCUT2D eigenvalue weighted by Crippen LogP contribution is 2.49. The van der Waals surface area contributed by atoms with Crippen molar-refractivity contribution in [3.05, 3.63) is 83.4 Å². The summed E-state index contributed by atoms with van der Waals surface area (Å²) in [5.74, 6) is 0. The van der Waals surface area contributed by atoms with Crippen molar-refractivity contribution in [1.29, 1.82) is 0 Å². The molecule has 1 nitrogen and oxygen atoms in total. The number of benzene rings is 3. The van der Waals surface area contributed by atoms with Gasteiger partial charge in [-0.2, -0.15) is 0 Å². The van der Waals surface area contributed by atoms with Gasteiger partial charge in [-0.1, -0.05) is 74.5 Å². The summed E-state index contributed by atoms with van der Waals surface area (Å²) >= 11 is 0. The van der Waals surface area contributed by atoms with E-state index in [0.29, 0.717) is 6.54 Å². The van der Waals surface area contributed by atoms with Gasteiger partial charge in [0.05, 0.1) is 0 Å². The van der Waals surface area contributed by atoms with E-state index >= 15 is 0 Å². The smallest absolute Gasteiger partial charge is 0.0178 e. The molecule has 0 radical (unpaired) electrons. The summed E-state index contributed by atoms with van der Waals surface area (Å²) in [6.07, 6.45) is 0. The lowest BCUT2D eigenvalue weighted by Gasteiger charge is -2.22. The Kier molecular flexibility index (Phi) is 3.14. The van der Waals surface area contributed by atoms with E-state index in [0.717, 1.165) is 0 Å². The van der Waals surface area contributed by atoms with Gasteiger partial charge in [-0.3, -0.25) is 0 Å². The quantitative estimate of drug-likeness (QED) is 0.698. The van der Waals surface area contributed by atoms with E-state index in [1.807, 2.05) is 0 Å². The first kappa shape index (κ1) is 14.2. The molecule has 4 rings (SSSR count). The van der Waals surface area contributed by atoms with Crippen molar-refractivity contribution in [3.63, 3.8) is 0 Å². The van der Waals surface area contributed by atoms with Gasteiger partial charge in [-0.25, -0.2) is 0 Å². The maximum atomic E-state index is 5.70. The maximum absolute atomic E-state index is 5.70. The predicted octanol–water partition coefficient (Wildman–Crippen LogP) is 5.12. The minimum atomic E-state index is 0.0547. The van der Waals surface area contributed by atoms with Crippen molar-refractivity contribution in [3.8, 4) is 22.3 Å². The van der Waals surface area contributed by atoms with Gasteiger partial charge in [0.2, 0.25) is 0 Å². The summed E-state index contributed by atoms with van der Waals surface area (Å²) in [7, 11) is 0. The molecule has 0 spiro atoms. The Morgan fingerprint density at radius 2 is 1.39 bits per heavy atom. The molecule has 1 aliphatic rings. The lowest BCUT2D eigenvalue weighted by Crippen LogP contribution is -2.14. The van der Waals surface area contributed by atoms with E-state index in [1.54, 1.807) is 0 Å².